The van der Waals surface area contributed by atoms with E-state index >= 15 is 0 Å². The Morgan fingerprint density at radius 3 is 2.88 bits per heavy atom. The number of hydrogen-bond donors (Lipinski definition) is 0. The standard InChI is InChI=1S/C11H14BrN3S/c1-4-15-6-8(12)5-9-7(2)13-11(16-3)14-10(9)15/h5H,4,6H2,1-3H3. The quantitative estimate of drug-likeness (QED) is 0.620. The molecule has 86 valence electrons. The summed E-state index contributed by atoms with van der Waals surface area (Å²) in [6.07, 6.45) is 4.13. The highest BCUT2D eigenvalue weighted by molar-refractivity contribution is 9.11. The van der Waals surface area contributed by atoms with Crippen molar-refractivity contribution in [2.45, 2.75) is 19.0 Å². The van der Waals surface area contributed by atoms with Crippen molar-refractivity contribution in [3.8, 4) is 0 Å². The van der Waals surface area contributed by atoms with E-state index in [1.165, 1.54) is 4.48 Å². The normalized spacial score (nSPS) is 14.8. The van der Waals surface area contributed by atoms with Crippen molar-refractivity contribution in [1.29, 1.82) is 0 Å². The minimum absolute atomic E-state index is 0.848. The highest BCUT2D eigenvalue weighted by Gasteiger charge is 2.20. The number of halogens is 1. The minimum Gasteiger partial charge on any atom is -0.351 e. The first-order valence-corrected chi connectivity index (χ1v) is 7.21. The number of fused-ring (bicyclic) bond motifs is 1. The highest BCUT2D eigenvalue weighted by atomic mass is 79.9. The van der Waals surface area contributed by atoms with Gasteiger partial charge in [0, 0.05) is 16.6 Å². The van der Waals surface area contributed by atoms with Gasteiger partial charge in [-0.2, -0.15) is 0 Å². The first-order chi connectivity index (χ1) is 7.65. The summed E-state index contributed by atoms with van der Waals surface area (Å²) in [6, 6.07) is 0. The second-order valence-corrected chi connectivity index (χ2v) is 5.43. The van der Waals surface area contributed by atoms with E-state index in [2.05, 4.69) is 43.8 Å². The molecular weight excluding hydrogens is 286 g/mol. The number of rotatable bonds is 2. The molecule has 0 atom stereocenters. The Hall–Kier alpha value is -0.550. The molecule has 2 heterocycles. The molecular formula is C11H14BrN3S. The second-order valence-electron chi connectivity index (χ2n) is 3.64. The highest BCUT2D eigenvalue weighted by Crippen LogP contribution is 2.31. The summed E-state index contributed by atoms with van der Waals surface area (Å²) in [5.41, 5.74) is 2.18. The predicted molar refractivity (Wildman–Crippen MR) is 73.3 cm³/mol. The van der Waals surface area contributed by atoms with Crippen LogP contribution in [0.25, 0.3) is 6.08 Å². The van der Waals surface area contributed by atoms with Gasteiger partial charge in [-0.1, -0.05) is 27.7 Å². The van der Waals surface area contributed by atoms with Crippen molar-refractivity contribution in [2.24, 2.45) is 0 Å². The molecule has 16 heavy (non-hydrogen) atoms. The summed E-state index contributed by atoms with van der Waals surface area (Å²) in [5, 5.41) is 0.848. The van der Waals surface area contributed by atoms with Crippen molar-refractivity contribution >= 4 is 39.6 Å². The molecule has 0 saturated heterocycles. The molecule has 0 aliphatic carbocycles. The average Bonchev–Trinajstić information content (AvgIpc) is 2.28. The first kappa shape index (κ1) is 11.9. The van der Waals surface area contributed by atoms with Crippen LogP contribution in [-0.4, -0.2) is 29.3 Å². The van der Waals surface area contributed by atoms with Crippen LogP contribution in [0.3, 0.4) is 0 Å². The van der Waals surface area contributed by atoms with E-state index in [4.69, 9.17) is 0 Å². The molecule has 0 saturated carbocycles. The van der Waals surface area contributed by atoms with E-state index in [0.717, 1.165) is 35.3 Å². The van der Waals surface area contributed by atoms with E-state index in [0.29, 0.717) is 0 Å². The van der Waals surface area contributed by atoms with Gasteiger partial charge in [-0.15, -0.1) is 0 Å². The minimum atomic E-state index is 0.848. The van der Waals surface area contributed by atoms with Gasteiger partial charge in [0.2, 0.25) is 0 Å². The summed E-state index contributed by atoms with van der Waals surface area (Å²) in [5.74, 6) is 1.06. The van der Waals surface area contributed by atoms with Crippen molar-refractivity contribution in [1.82, 2.24) is 9.97 Å². The van der Waals surface area contributed by atoms with Crippen LogP contribution in [0.4, 0.5) is 5.82 Å². The number of thioether (sulfide) groups is 1. The maximum Gasteiger partial charge on any atom is 0.189 e. The molecule has 1 aromatic heterocycles. The average molecular weight is 300 g/mol. The molecule has 0 bridgehead atoms. The number of aryl methyl sites for hydroxylation is 1. The van der Waals surface area contributed by atoms with Crippen LogP contribution in [0.15, 0.2) is 9.64 Å². The van der Waals surface area contributed by atoms with Gasteiger partial charge in [-0.25, -0.2) is 9.97 Å². The molecule has 0 N–H and O–H groups in total. The van der Waals surface area contributed by atoms with Gasteiger partial charge < -0.3 is 4.90 Å². The van der Waals surface area contributed by atoms with Crippen LogP contribution in [-0.2, 0) is 0 Å². The number of anilines is 1. The third-order valence-corrected chi connectivity index (χ3v) is 3.63. The summed E-state index contributed by atoms with van der Waals surface area (Å²) in [7, 11) is 0. The lowest BCUT2D eigenvalue weighted by molar-refractivity contribution is 0.822. The molecule has 3 nitrogen and oxygen atoms in total. The Balaban J connectivity index is 2.58. The molecule has 2 rings (SSSR count). The molecule has 1 aromatic rings. The SMILES string of the molecule is CCN1CC(Br)=Cc2c(C)nc(SC)nc21. The van der Waals surface area contributed by atoms with Crippen LogP contribution in [0, 0.1) is 6.92 Å². The van der Waals surface area contributed by atoms with Crippen LogP contribution in [0.2, 0.25) is 0 Å². The van der Waals surface area contributed by atoms with Gasteiger partial charge in [0.1, 0.15) is 5.82 Å². The van der Waals surface area contributed by atoms with E-state index in [1.54, 1.807) is 11.8 Å². The number of aromatic nitrogens is 2. The van der Waals surface area contributed by atoms with Crippen molar-refractivity contribution in [2.75, 3.05) is 24.2 Å². The van der Waals surface area contributed by atoms with Gasteiger partial charge in [-0.05, 0) is 26.2 Å². The molecule has 0 aromatic carbocycles. The second kappa shape index (κ2) is 4.75. The summed E-state index contributed by atoms with van der Waals surface area (Å²) < 4.78 is 1.19. The first-order valence-electron chi connectivity index (χ1n) is 5.19. The smallest absolute Gasteiger partial charge is 0.189 e. The number of likely N-dealkylation sites (N-methyl/N-ethyl adjacent to an activating group) is 1. The number of nitrogens with zero attached hydrogens (tertiary/aromatic N) is 3. The van der Waals surface area contributed by atoms with Crippen molar-refractivity contribution in [3.63, 3.8) is 0 Å². The van der Waals surface area contributed by atoms with Gasteiger partial charge in [0.25, 0.3) is 0 Å². The maximum absolute atomic E-state index is 4.59. The lowest BCUT2D eigenvalue weighted by Crippen LogP contribution is -2.29. The lowest BCUT2D eigenvalue weighted by atomic mass is 10.1. The third kappa shape index (κ3) is 2.11. The Kier molecular flexibility index (Phi) is 3.54. The Bertz CT molecular complexity index is 445. The fourth-order valence-corrected chi connectivity index (χ4v) is 2.70. The lowest BCUT2D eigenvalue weighted by Gasteiger charge is -2.28. The zero-order valence-corrected chi connectivity index (χ0v) is 12.0. The molecule has 0 fully saturated rings. The van der Waals surface area contributed by atoms with E-state index in [9.17, 15) is 0 Å². The van der Waals surface area contributed by atoms with Gasteiger partial charge in [0.05, 0.1) is 12.2 Å². The van der Waals surface area contributed by atoms with E-state index in [-0.39, 0.29) is 0 Å². The molecule has 1 aliphatic heterocycles. The largest absolute Gasteiger partial charge is 0.351 e. The number of hydrogen-bond acceptors (Lipinski definition) is 4. The zero-order valence-electron chi connectivity index (χ0n) is 9.62. The Morgan fingerprint density at radius 1 is 1.50 bits per heavy atom. The maximum atomic E-state index is 4.59. The van der Waals surface area contributed by atoms with Gasteiger partial charge >= 0.3 is 0 Å². The van der Waals surface area contributed by atoms with Gasteiger partial charge in [0.15, 0.2) is 5.16 Å². The van der Waals surface area contributed by atoms with Crippen molar-refractivity contribution < 1.29 is 0 Å². The van der Waals surface area contributed by atoms with E-state index in [1.807, 2.05) is 13.2 Å². The molecule has 5 heteroatoms. The van der Waals surface area contributed by atoms with Crippen LogP contribution >= 0.6 is 27.7 Å². The Labute approximate surface area is 108 Å². The third-order valence-electron chi connectivity index (χ3n) is 2.60. The molecule has 0 radical (unpaired) electrons. The molecule has 1 aliphatic rings. The molecule has 0 unspecified atom stereocenters. The molecule has 0 spiro atoms. The van der Waals surface area contributed by atoms with Crippen LogP contribution in [0.5, 0.6) is 0 Å². The predicted octanol–water partition coefficient (Wildman–Crippen LogP) is 3.08. The fourth-order valence-electron chi connectivity index (χ4n) is 1.76. The summed E-state index contributed by atoms with van der Waals surface area (Å²) in [4.78, 5) is 11.3. The van der Waals surface area contributed by atoms with Gasteiger partial charge in [-0.3, -0.25) is 0 Å². The van der Waals surface area contributed by atoms with E-state index < -0.39 is 0 Å². The van der Waals surface area contributed by atoms with Crippen LogP contribution in [0.1, 0.15) is 18.2 Å². The monoisotopic (exact) mass is 299 g/mol. The topological polar surface area (TPSA) is 29.0 Å². The summed E-state index contributed by atoms with van der Waals surface area (Å²) >= 11 is 5.16. The van der Waals surface area contributed by atoms with Crippen LogP contribution < -0.4 is 4.90 Å². The summed E-state index contributed by atoms with van der Waals surface area (Å²) in [6.45, 7) is 6.04. The molecule has 0 amide bonds. The fraction of sp³-hybridized carbons (Fsp3) is 0.455. The van der Waals surface area contributed by atoms with Crippen molar-refractivity contribution in [3.05, 3.63) is 15.7 Å². The zero-order chi connectivity index (χ0) is 11.7. The Morgan fingerprint density at radius 2 is 2.25 bits per heavy atom.